The van der Waals surface area contributed by atoms with Crippen LogP contribution in [0.15, 0.2) is 0 Å². The van der Waals surface area contributed by atoms with Gasteiger partial charge in [-0.25, -0.2) is 0 Å². The van der Waals surface area contributed by atoms with Crippen LogP contribution in [0.2, 0.25) is 0 Å². The predicted molar refractivity (Wildman–Crippen MR) is 73.7 cm³/mol. The van der Waals surface area contributed by atoms with Gasteiger partial charge in [0.25, 0.3) is 0 Å². The van der Waals surface area contributed by atoms with Gasteiger partial charge in [0.05, 0.1) is 12.7 Å². The van der Waals surface area contributed by atoms with Crippen molar-refractivity contribution in [2.24, 2.45) is 17.3 Å². The molecule has 2 fully saturated rings. The molecule has 3 heteroatoms. The average molecular weight is 255 g/mol. The summed E-state index contributed by atoms with van der Waals surface area (Å²) in [5, 5.41) is 3.66. The molecule has 0 aromatic heterocycles. The van der Waals surface area contributed by atoms with Crippen LogP contribution in [0.4, 0.5) is 0 Å². The highest BCUT2D eigenvalue weighted by molar-refractivity contribution is 5.11. The van der Waals surface area contributed by atoms with Crippen molar-refractivity contribution >= 4 is 0 Å². The topological polar surface area (TPSA) is 30.5 Å². The van der Waals surface area contributed by atoms with E-state index in [9.17, 15) is 0 Å². The molecule has 0 amide bonds. The van der Waals surface area contributed by atoms with E-state index in [1.807, 2.05) is 0 Å². The van der Waals surface area contributed by atoms with Gasteiger partial charge < -0.3 is 14.8 Å². The Morgan fingerprint density at radius 1 is 1.33 bits per heavy atom. The molecule has 1 aliphatic heterocycles. The van der Waals surface area contributed by atoms with Crippen molar-refractivity contribution in [3.05, 3.63) is 0 Å². The van der Waals surface area contributed by atoms with Gasteiger partial charge in [-0.3, -0.25) is 0 Å². The molecular weight excluding hydrogens is 226 g/mol. The van der Waals surface area contributed by atoms with Gasteiger partial charge in [0, 0.05) is 37.1 Å². The predicted octanol–water partition coefficient (Wildman–Crippen LogP) is 2.45. The Morgan fingerprint density at radius 3 is 2.83 bits per heavy atom. The van der Waals surface area contributed by atoms with Crippen molar-refractivity contribution in [1.29, 1.82) is 0 Å². The van der Waals surface area contributed by atoms with Crippen LogP contribution in [0.25, 0.3) is 0 Å². The lowest BCUT2D eigenvalue weighted by Gasteiger charge is -2.55. The molecule has 0 aromatic carbocycles. The van der Waals surface area contributed by atoms with Crippen molar-refractivity contribution in [1.82, 2.24) is 5.32 Å². The van der Waals surface area contributed by atoms with Gasteiger partial charge in [-0.1, -0.05) is 27.7 Å². The normalized spacial score (nSPS) is 33.5. The monoisotopic (exact) mass is 255 g/mol. The summed E-state index contributed by atoms with van der Waals surface area (Å²) in [6.45, 7) is 12.7. The van der Waals surface area contributed by atoms with Crippen molar-refractivity contribution in [2.45, 2.75) is 52.7 Å². The number of rotatable bonds is 7. The van der Waals surface area contributed by atoms with E-state index < -0.39 is 0 Å². The second-order valence-corrected chi connectivity index (χ2v) is 6.79. The van der Waals surface area contributed by atoms with Crippen LogP contribution in [0.3, 0.4) is 0 Å². The standard InChI is InChI=1S/C15H29NO2/c1-11(2)5-8-17-10-7-16-13-12-6-9-18-14(12)15(13,3)4/h11-14,16H,5-10H2,1-4H3. The molecule has 2 rings (SSSR count). The maximum atomic E-state index is 5.80. The molecule has 0 bridgehead atoms. The SMILES string of the molecule is CC(C)CCOCCNC1C2CCOC2C1(C)C. The lowest BCUT2D eigenvalue weighted by molar-refractivity contribution is -0.113. The van der Waals surface area contributed by atoms with Crippen LogP contribution in [0, 0.1) is 17.3 Å². The molecule has 1 N–H and O–H groups in total. The van der Waals surface area contributed by atoms with Crippen LogP contribution in [0.1, 0.15) is 40.5 Å². The lowest BCUT2D eigenvalue weighted by atomic mass is 9.57. The van der Waals surface area contributed by atoms with E-state index in [1.54, 1.807) is 0 Å². The van der Waals surface area contributed by atoms with E-state index in [2.05, 4.69) is 33.0 Å². The van der Waals surface area contributed by atoms with Gasteiger partial charge in [0.15, 0.2) is 0 Å². The Hall–Kier alpha value is -0.120. The molecule has 1 saturated heterocycles. The van der Waals surface area contributed by atoms with Crippen molar-refractivity contribution in [3.8, 4) is 0 Å². The second-order valence-electron chi connectivity index (χ2n) is 6.79. The molecule has 0 radical (unpaired) electrons. The Labute approximate surface area is 112 Å². The fourth-order valence-electron chi connectivity index (χ4n) is 3.45. The van der Waals surface area contributed by atoms with E-state index in [0.717, 1.165) is 44.6 Å². The summed E-state index contributed by atoms with van der Waals surface area (Å²) in [6.07, 6.45) is 2.87. The first-order chi connectivity index (χ1) is 8.53. The highest BCUT2D eigenvalue weighted by atomic mass is 16.5. The average Bonchev–Trinajstić information content (AvgIpc) is 2.73. The van der Waals surface area contributed by atoms with Crippen molar-refractivity contribution in [2.75, 3.05) is 26.4 Å². The number of nitrogens with one attached hydrogen (secondary N) is 1. The smallest absolute Gasteiger partial charge is 0.0685 e. The summed E-state index contributed by atoms with van der Waals surface area (Å²) in [6, 6.07) is 0.610. The van der Waals surface area contributed by atoms with Crippen LogP contribution in [-0.4, -0.2) is 38.5 Å². The molecule has 18 heavy (non-hydrogen) atoms. The third kappa shape index (κ3) is 2.89. The summed E-state index contributed by atoms with van der Waals surface area (Å²) in [4.78, 5) is 0. The Morgan fingerprint density at radius 2 is 2.11 bits per heavy atom. The number of fused-ring (bicyclic) bond motifs is 1. The fourth-order valence-corrected chi connectivity index (χ4v) is 3.45. The third-order valence-corrected chi connectivity index (χ3v) is 4.55. The molecular formula is C15H29NO2. The van der Waals surface area contributed by atoms with E-state index in [1.165, 1.54) is 6.42 Å². The van der Waals surface area contributed by atoms with Gasteiger partial charge in [-0.05, 0) is 18.8 Å². The zero-order valence-corrected chi connectivity index (χ0v) is 12.4. The molecule has 1 saturated carbocycles. The number of hydrogen-bond donors (Lipinski definition) is 1. The van der Waals surface area contributed by atoms with Crippen LogP contribution in [-0.2, 0) is 9.47 Å². The van der Waals surface area contributed by atoms with E-state index in [4.69, 9.17) is 9.47 Å². The Balaban J connectivity index is 1.59. The summed E-state index contributed by atoms with van der Waals surface area (Å²) in [5.41, 5.74) is 0.291. The summed E-state index contributed by atoms with van der Waals surface area (Å²) in [7, 11) is 0. The number of hydrogen-bond acceptors (Lipinski definition) is 3. The first-order valence-corrected chi connectivity index (χ1v) is 7.46. The fraction of sp³-hybridized carbons (Fsp3) is 1.00. The summed E-state index contributed by atoms with van der Waals surface area (Å²) in [5.74, 6) is 1.47. The largest absolute Gasteiger partial charge is 0.380 e. The third-order valence-electron chi connectivity index (χ3n) is 4.55. The zero-order chi connectivity index (χ0) is 13.2. The molecule has 3 unspecified atom stereocenters. The van der Waals surface area contributed by atoms with E-state index >= 15 is 0 Å². The molecule has 1 heterocycles. The van der Waals surface area contributed by atoms with E-state index in [0.29, 0.717) is 17.6 Å². The quantitative estimate of drug-likeness (QED) is 0.709. The van der Waals surface area contributed by atoms with Crippen molar-refractivity contribution in [3.63, 3.8) is 0 Å². The van der Waals surface area contributed by atoms with Gasteiger partial charge >= 0.3 is 0 Å². The van der Waals surface area contributed by atoms with Crippen LogP contribution >= 0.6 is 0 Å². The lowest BCUT2D eigenvalue weighted by Crippen LogP contribution is -2.66. The van der Waals surface area contributed by atoms with Gasteiger partial charge in [0.2, 0.25) is 0 Å². The minimum absolute atomic E-state index is 0.291. The van der Waals surface area contributed by atoms with Gasteiger partial charge in [0.1, 0.15) is 0 Å². The summed E-state index contributed by atoms with van der Waals surface area (Å²) < 4.78 is 11.4. The maximum Gasteiger partial charge on any atom is 0.0685 e. The van der Waals surface area contributed by atoms with Crippen molar-refractivity contribution < 1.29 is 9.47 Å². The molecule has 1 aliphatic carbocycles. The van der Waals surface area contributed by atoms with Crippen LogP contribution in [0.5, 0.6) is 0 Å². The molecule has 3 nitrogen and oxygen atoms in total. The van der Waals surface area contributed by atoms with Gasteiger partial charge in [-0.15, -0.1) is 0 Å². The Bertz CT molecular complexity index is 265. The van der Waals surface area contributed by atoms with Crippen LogP contribution < -0.4 is 5.32 Å². The van der Waals surface area contributed by atoms with Gasteiger partial charge in [-0.2, -0.15) is 0 Å². The first kappa shape index (κ1) is 14.3. The Kier molecular flexibility index (Phi) is 4.68. The zero-order valence-electron chi connectivity index (χ0n) is 12.4. The molecule has 0 aromatic rings. The molecule has 3 atom stereocenters. The molecule has 106 valence electrons. The minimum atomic E-state index is 0.291. The highest BCUT2D eigenvalue weighted by Gasteiger charge is 2.58. The maximum absolute atomic E-state index is 5.80. The first-order valence-electron chi connectivity index (χ1n) is 7.46. The molecule has 0 spiro atoms. The highest BCUT2D eigenvalue weighted by Crippen LogP contribution is 2.51. The van der Waals surface area contributed by atoms with E-state index in [-0.39, 0.29) is 0 Å². The summed E-state index contributed by atoms with van der Waals surface area (Å²) >= 11 is 0. The number of ether oxygens (including phenoxy) is 2. The molecule has 2 aliphatic rings. The second kappa shape index (κ2) is 5.89. The minimum Gasteiger partial charge on any atom is -0.380 e.